The Balaban J connectivity index is 1.37. The van der Waals surface area contributed by atoms with E-state index in [4.69, 9.17) is 0 Å². The van der Waals surface area contributed by atoms with Crippen molar-refractivity contribution < 1.29 is 18.0 Å². The third kappa shape index (κ3) is 7.12. The average molecular weight is 450 g/mol. The van der Waals surface area contributed by atoms with E-state index in [0.29, 0.717) is 38.5 Å². The summed E-state index contributed by atoms with van der Waals surface area (Å²) in [6.45, 7) is 4.53. The van der Waals surface area contributed by atoms with Gasteiger partial charge >= 0.3 is 6.18 Å². The van der Waals surface area contributed by atoms with Crippen molar-refractivity contribution in [3.8, 4) is 0 Å². The lowest BCUT2D eigenvalue weighted by molar-refractivity contribution is -0.137. The number of para-hydroxylation sites is 1. The van der Waals surface area contributed by atoms with Gasteiger partial charge in [0.2, 0.25) is 5.91 Å². The molecule has 1 fully saturated rings. The van der Waals surface area contributed by atoms with Crippen LogP contribution in [0.1, 0.15) is 18.4 Å². The Labute approximate surface area is 187 Å². The number of rotatable bonds is 8. The molecular formula is C23H30F3N5O. The minimum absolute atomic E-state index is 0.00605. The molecule has 1 saturated heterocycles. The molecule has 0 saturated carbocycles. The molecule has 0 bridgehead atoms. The number of amides is 1. The van der Waals surface area contributed by atoms with Gasteiger partial charge in [0.05, 0.1) is 12.1 Å². The van der Waals surface area contributed by atoms with Gasteiger partial charge in [0.25, 0.3) is 0 Å². The van der Waals surface area contributed by atoms with Crippen LogP contribution < -0.4 is 15.1 Å². The van der Waals surface area contributed by atoms with Crippen LogP contribution in [0.4, 0.5) is 24.7 Å². The number of nitrogens with zero attached hydrogens (tertiary/aromatic N) is 4. The molecule has 0 atom stereocenters. The average Bonchev–Trinajstić information content (AvgIpc) is 3.02. The van der Waals surface area contributed by atoms with Gasteiger partial charge in [-0.15, -0.1) is 0 Å². The van der Waals surface area contributed by atoms with Crippen LogP contribution in [0.2, 0.25) is 0 Å². The number of hydrogen-bond acceptors (Lipinski definition) is 5. The van der Waals surface area contributed by atoms with Gasteiger partial charge in [0.15, 0.2) is 0 Å². The second kappa shape index (κ2) is 11.2. The first-order valence-electron chi connectivity index (χ1n) is 10.9. The first kappa shape index (κ1) is 23.8. The number of aromatic nitrogens is 1. The van der Waals surface area contributed by atoms with Crippen LogP contribution in [0.5, 0.6) is 0 Å². The maximum absolute atomic E-state index is 12.7. The van der Waals surface area contributed by atoms with Gasteiger partial charge in [-0.2, -0.15) is 13.2 Å². The molecule has 1 N–H and O–H groups in total. The van der Waals surface area contributed by atoms with Gasteiger partial charge in [0.1, 0.15) is 5.82 Å². The van der Waals surface area contributed by atoms with E-state index in [9.17, 15) is 18.0 Å². The number of anilines is 2. The maximum Gasteiger partial charge on any atom is 0.417 e. The number of halogens is 3. The zero-order valence-electron chi connectivity index (χ0n) is 18.3. The number of carbonyl (C=O) groups is 1. The fourth-order valence-corrected chi connectivity index (χ4v) is 3.71. The van der Waals surface area contributed by atoms with Crippen LogP contribution in [-0.2, 0) is 11.0 Å². The number of alkyl halides is 3. The molecule has 0 unspecified atom stereocenters. The minimum Gasteiger partial charge on any atom is -0.375 e. The third-order valence-electron chi connectivity index (χ3n) is 5.54. The van der Waals surface area contributed by atoms with Crippen LogP contribution in [0.3, 0.4) is 0 Å². The highest BCUT2D eigenvalue weighted by molar-refractivity contribution is 5.78. The Morgan fingerprint density at radius 2 is 1.88 bits per heavy atom. The van der Waals surface area contributed by atoms with E-state index in [-0.39, 0.29) is 5.91 Å². The number of benzene rings is 1. The van der Waals surface area contributed by atoms with Gasteiger partial charge in [-0.1, -0.05) is 18.2 Å². The predicted molar refractivity (Wildman–Crippen MR) is 120 cm³/mol. The topological polar surface area (TPSA) is 51.7 Å². The summed E-state index contributed by atoms with van der Waals surface area (Å²) in [6.07, 6.45) is -1.84. The summed E-state index contributed by atoms with van der Waals surface area (Å²) >= 11 is 0. The van der Waals surface area contributed by atoms with Crippen molar-refractivity contribution in [3.05, 3.63) is 54.2 Å². The second-order valence-electron chi connectivity index (χ2n) is 7.98. The molecule has 3 rings (SSSR count). The summed E-state index contributed by atoms with van der Waals surface area (Å²) in [5, 5.41) is 2.98. The van der Waals surface area contributed by atoms with Crippen molar-refractivity contribution in [3.63, 3.8) is 0 Å². The molecule has 1 aliphatic rings. The SMILES string of the molecule is CN(CCCNC(=O)CN1CCCN(c2ccc(C(F)(F)F)cn2)CC1)c1ccccc1. The molecule has 1 aromatic heterocycles. The molecular weight excluding hydrogens is 419 g/mol. The van der Waals surface area contributed by atoms with E-state index in [1.54, 1.807) is 0 Å². The van der Waals surface area contributed by atoms with E-state index in [1.807, 2.05) is 30.1 Å². The Hall–Kier alpha value is -2.81. The van der Waals surface area contributed by atoms with Crippen LogP contribution in [0.25, 0.3) is 0 Å². The molecule has 1 aliphatic heterocycles. The zero-order valence-corrected chi connectivity index (χ0v) is 18.3. The molecule has 1 amide bonds. The van der Waals surface area contributed by atoms with E-state index >= 15 is 0 Å². The van der Waals surface area contributed by atoms with Crippen molar-refractivity contribution in [2.24, 2.45) is 0 Å². The van der Waals surface area contributed by atoms with Crippen LogP contribution >= 0.6 is 0 Å². The fraction of sp³-hybridized carbons (Fsp3) is 0.478. The van der Waals surface area contributed by atoms with Crippen molar-refractivity contribution in [1.29, 1.82) is 0 Å². The molecule has 174 valence electrons. The molecule has 0 radical (unpaired) electrons. The van der Waals surface area contributed by atoms with E-state index in [0.717, 1.165) is 43.9 Å². The van der Waals surface area contributed by atoms with E-state index < -0.39 is 11.7 Å². The van der Waals surface area contributed by atoms with Gasteiger partial charge in [-0.25, -0.2) is 4.98 Å². The fourth-order valence-electron chi connectivity index (χ4n) is 3.71. The highest BCUT2D eigenvalue weighted by Crippen LogP contribution is 2.29. The largest absolute Gasteiger partial charge is 0.417 e. The lowest BCUT2D eigenvalue weighted by Crippen LogP contribution is -2.40. The minimum atomic E-state index is -4.38. The number of pyridine rings is 1. The summed E-state index contributed by atoms with van der Waals surface area (Å²) in [5.41, 5.74) is 0.403. The lowest BCUT2D eigenvalue weighted by Gasteiger charge is -2.23. The van der Waals surface area contributed by atoms with Gasteiger partial charge in [0, 0.05) is 58.2 Å². The summed E-state index contributed by atoms with van der Waals surface area (Å²) in [4.78, 5) is 22.5. The molecule has 0 aliphatic carbocycles. The van der Waals surface area contributed by atoms with E-state index in [2.05, 4.69) is 32.2 Å². The Morgan fingerprint density at radius 1 is 1.09 bits per heavy atom. The molecule has 32 heavy (non-hydrogen) atoms. The van der Waals surface area contributed by atoms with Crippen molar-refractivity contribution in [1.82, 2.24) is 15.2 Å². The number of nitrogens with one attached hydrogen (secondary N) is 1. The Bertz CT molecular complexity index is 845. The van der Waals surface area contributed by atoms with Gasteiger partial charge in [-0.05, 0) is 37.1 Å². The van der Waals surface area contributed by atoms with Gasteiger partial charge < -0.3 is 15.1 Å². The maximum atomic E-state index is 12.7. The summed E-state index contributed by atoms with van der Waals surface area (Å²) in [6, 6.07) is 12.6. The molecule has 2 heterocycles. The smallest absolute Gasteiger partial charge is 0.375 e. The van der Waals surface area contributed by atoms with Crippen LogP contribution in [-0.4, -0.2) is 68.7 Å². The van der Waals surface area contributed by atoms with Gasteiger partial charge in [-0.3, -0.25) is 9.69 Å². The molecule has 1 aromatic carbocycles. The molecule has 0 spiro atoms. The van der Waals surface area contributed by atoms with Crippen molar-refractivity contribution >= 4 is 17.4 Å². The third-order valence-corrected chi connectivity index (χ3v) is 5.54. The Kier molecular flexibility index (Phi) is 8.33. The first-order chi connectivity index (χ1) is 15.3. The van der Waals surface area contributed by atoms with Crippen molar-refractivity contribution in [2.45, 2.75) is 19.0 Å². The molecule has 9 heteroatoms. The Morgan fingerprint density at radius 3 is 2.56 bits per heavy atom. The molecule has 6 nitrogen and oxygen atoms in total. The number of carbonyl (C=O) groups excluding carboxylic acids is 1. The summed E-state index contributed by atoms with van der Waals surface area (Å²) in [7, 11) is 2.03. The van der Waals surface area contributed by atoms with E-state index in [1.165, 1.54) is 6.07 Å². The summed E-state index contributed by atoms with van der Waals surface area (Å²) < 4.78 is 38.2. The number of hydrogen-bond donors (Lipinski definition) is 1. The normalized spacial score (nSPS) is 15.3. The summed E-state index contributed by atoms with van der Waals surface area (Å²) in [5.74, 6) is 0.528. The highest BCUT2D eigenvalue weighted by Gasteiger charge is 2.31. The highest BCUT2D eigenvalue weighted by atomic mass is 19.4. The standard InChI is InChI=1S/C23H30F3N5O/c1-29(20-7-3-2-4-8-20)12-5-11-27-22(32)18-30-13-6-14-31(16-15-30)21-10-9-19(17-28-21)23(24,25)26/h2-4,7-10,17H,5-6,11-16,18H2,1H3,(H,27,32). The zero-order chi connectivity index (χ0) is 23.0. The molecule has 2 aromatic rings. The quantitative estimate of drug-likeness (QED) is 0.627. The van der Waals surface area contributed by atoms with Crippen LogP contribution in [0.15, 0.2) is 48.7 Å². The van der Waals surface area contributed by atoms with Crippen molar-refractivity contribution in [2.75, 3.05) is 62.7 Å². The monoisotopic (exact) mass is 449 g/mol. The predicted octanol–water partition coefficient (Wildman–Crippen LogP) is 3.26. The van der Waals surface area contributed by atoms with Crippen LogP contribution in [0, 0.1) is 0 Å². The second-order valence-corrected chi connectivity index (χ2v) is 7.98. The first-order valence-corrected chi connectivity index (χ1v) is 10.9. The lowest BCUT2D eigenvalue weighted by atomic mass is 10.2.